The van der Waals surface area contributed by atoms with Gasteiger partial charge in [0.2, 0.25) is 0 Å². The molecule has 0 aliphatic heterocycles. The van der Waals surface area contributed by atoms with Gasteiger partial charge in [0, 0.05) is 5.39 Å². The number of para-hydroxylation sites is 1. The molecule has 1 unspecified atom stereocenters. The quantitative estimate of drug-likeness (QED) is 0.756. The molecule has 1 saturated carbocycles. The largest absolute Gasteiger partial charge is 0.451 e. The van der Waals surface area contributed by atoms with E-state index in [2.05, 4.69) is 5.32 Å². The third-order valence-corrected chi connectivity index (χ3v) is 4.69. The Morgan fingerprint density at radius 3 is 2.54 bits per heavy atom. The lowest BCUT2D eigenvalue weighted by atomic mass is 9.88. The van der Waals surface area contributed by atoms with Crippen LogP contribution >= 0.6 is 0 Å². The molecule has 1 aromatic heterocycles. The predicted octanol–water partition coefficient (Wildman–Crippen LogP) is 3.46. The number of aliphatic hydroxyl groups is 1. The van der Waals surface area contributed by atoms with E-state index in [9.17, 15) is 9.90 Å². The highest BCUT2D eigenvalue weighted by Crippen LogP contribution is 2.45. The minimum Gasteiger partial charge on any atom is -0.451 e. The first-order valence-electron chi connectivity index (χ1n) is 8.21. The molecule has 2 aromatic carbocycles. The van der Waals surface area contributed by atoms with E-state index in [1.54, 1.807) is 6.07 Å². The van der Waals surface area contributed by atoms with Gasteiger partial charge in [-0.05, 0) is 36.5 Å². The van der Waals surface area contributed by atoms with E-state index in [1.807, 2.05) is 54.6 Å². The second-order valence-corrected chi connectivity index (χ2v) is 6.40. The van der Waals surface area contributed by atoms with Gasteiger partial charge in [0.1, 0.15) is 11.2 Å². The number of benzene rings is 2. The van der Waals surface area contributed by atoms with Crippen molar-refractivity contribution in [3.8, 4) is 0 Å². The number of fused-ring (bicyclic) bond motifs is 1. The van der Waals surface area contributed by atoms with Crippen LogP contribution in [0.2, 0.25) is 0 Å². The monoisotopic (exact) mass is 321 g/mol. The molecule has 3 aromatic rings. The summed E-state index contributed by atoms with van der Waals surface area (Å²) >= 11 is 0. The smallest absolute Gasteiger partial charge is 0.287 e. The van der Waals surface area contributed by atoms with Crippen LogP contribution in [0.15, 0.2) is 65.1 Å². The third-order valence-electron chi connectivity index (χ3n) is 4.69. The summed E-state index contributed by atoms with van der Waals surface area (Å²) in [4.78, 5) is 12.4. The van der Waals surface area contributed by atoms with Gasteiger partial charge in [0.15, 0.2) is 5.76 Å². The lowest BCUT2D eigenvalue weighted by Crippen LogP contribution is -2.42. The first-order valence-corrected chi connectivity index (χ1v) is 8.21. The topological polar surface area (TPSA) is 62.5 Å². The van der Waals surface area contributed by atoms with E-state index in [1.165, 1.54) is 0 Å². The van der Waals surface area contributed by atoms with Gasteiger partial charge >= 0.3 is 0 Å². The lowest BCUT2D eigenvalue weighted by Gasteiger charge is -2.29. The molecule has 4 rings (SSSR count). The maximum Gasteiger partial charge on any atom is 0.287 e. The van der Waals surface area contributed by atoms with Crippen LogP contribution in [-0.2, 0) is 5.60 Å². The van der Waals surface area contributed by atoms with Crippen molar-refractivity contribution < 1.29 is 14.3 Å². The Balaban J connectivity index is 1.53. The first kappa shape index (κ1) is 15.0. The molecule has 1 heterocycles. The van der Waals surface area contributed by atoms with Crippen LogP contribution in [0, 0.1) is 5.92 Å². The standard InChI is InChI=1S/C20H19NO3/c22-19(18-12-14-6-4-5-9-17(14)24-18)21-13-20(23,16-10-11-16)15-7-2-1-3-8-15/h1-9,12,16,23H,10-11,13H2,(H,21,22). The Kier molecular flexibility index (Phi) is 3.62. The van der Waals surface area contributed by atoms with Gasteiger partial charge < -0.3 is 14.8 Å². The normalized spacial score (nSPS) is 16.7. The Bertz CT molecular complexity index is 834. The maximum atomic E-state index is 12.4. The Morgan fingerprint density at radius 1 is 1.12 bits per heavy atom. The molecular weight excluding hydrogens is 302 g/mol. The van der Waals surface area contributed by atoms with Crippen molar-refractivity contribution in [2.45, 2.75) is 18.4 Å². The summed E-state index contributed by atoms with van der Waals surface area (Å²) < 4.78 is 5.58. The van der Waals surface area contributed by atoms with Crippen LogP contribution in [0.25, 0.3) is 11.0 Å². The van der Waals surface area contributed by atoms with Crippen molar-refractivity contribution in [3.05, 3.63) is 72.0 Å². The van der Waals surface area contributed by atoms with Gasteiger partial charge in [0.05, 0.1) is 6.54 Å². The summed E-state index contributed by atoms with van der Waals surface area (Å²) in [6, 6.07) is 18.8. The van der Waals surface area contributed by atoms with Crippen molar-refractivity contribution in [1.82, 2.24) is 5.32 Å². The van der Waals surface area contributed by atoms with Gasteiger partial charge in [-0.1, -0.05) is 48.5 Å². The predicted molar refractivity (Wildman–Crippen MR) is 91.6 cm³/mol. The highest BCUT2D eigenvalue weighted by Gasteiger charge is 2.45. The Morgan fingerprint density at radius 2 is 1.83 bits per heavy atom. The van der Waals surface area contributed by atoms with Gasteiger partial charge in [0.25, 0.3) is 5.91 Å². The molecule has 0 radical (unpaired) electrons. The molecule has 1 aliphatic carbocycles. The van der Waals surface area contributed by atoms with E-state index in [0.717, 1.165) is 23.8 Å². The van der Waals surface area contributed by atoms with Crippen molar-refractivity contribution >= 4 is 16.9 Å². The molecular formula is C20H19NO3. The zero-order chi connectivity index (χ0) is 16.6. The third kappa shape index (κ3) is 2.69. The second-order valence-electron chi connectivity index (χ2n) is 6.40. The summed E-state index contributed by atoms with van der Waals surface area (Å²) in [6.45, 7) is 0.178. The van der Waals surface area contributed by atoms with Crippen LogP contribution in [0.3, 0.4) is 0 Å². The van der Waals surface area contributed by atoms with E-state index < -0.39 is 5.60 Å². The van der Waals surface area contributed by atoms with Crippen LogP contribution in [0.1, 0.15) is 29.0 Å². The highest BCUT2D eigenvalue weighted by molar-refractivity contribution is 5.96. The summed E-state index contributed by atoms with van der Waals surface area (Å²) in [5.41, 5.74) is 0.503. The number of carbonyl (C=O) groups excluding carboxylic acids is 1. The van der Waals surface area contributed by atoms with Crippen molar-refractivity contribution in [2.75, 3.05) is 6.54 Å². The molecule has 1 fully saturated rings. The fourth-order valence-corrected chi connectivity index (χ4v) is 3.17. The van der Waals surface area contributed by atoms with Gasteiger partial charge in [-0.15, -0.1) is 0 Å². The molecule has 4 heteroatoms. The molecule has 122 valence electrons. The SMILES string of the molecule is O=C(NCC(O)(c1ccccc1)C1CC1)c1cc2ccccc2o1. The number of furan rings is 1. The molecule has 0 saturated heterocycles. The number of rotatable bonds is 5. The molecule has 1 atom stereocenters. The van der Waals surface area contributed by atoms with Crippen LogP contribution < -0.4 is 5.32 Å². The second kappa shape index (κ2) is 5.80. The zero-order valence-electron chi connectivity index (χ0n) is 13.2. The van der Waals surface area contributed by atoms with Crippen LogP contribution in [0.4, 0.5) is 0 Å². The van der Waals surface area contributed by atoms with Crippen molar-refractivity contribution in [2.24, 2.45) is 5.92 Å². The van der Waals surface area contributed by atoms with E-state index in [0.29, 0.717) is 5.58 Å². The molecule has 4 nitrogen and oxygen atoms in total. The van der Waals surface area contributed by atoms with Gasteiger partial charge in [-0.2, -0.15) is 0 Å². The number of amides is 1. The van der Waals surface area contributed by atoms with Crippen LogP contribution in [-0.4, -0.2) is 17.6 Å². The minimum absolute atomic E-state index is 0.178. The highest BCUT2D eigenvalue weighted by atomic mass is 16.3. The molecule has 2 N–H and O–H groups in total. The number of carbonyl (C=O) groups is 1. The molecule has 1 aliphatic rings. The molecule has 24 heavy (non-hydrogen) atoms. The van der Waals surface area contributed by atoms with Crippen LogP contribution in [0.5, 0.6) is 0 Å². The number of hydrogen-bond acceptors (Lipinski definition) is 3. The fraction of sp³-hybridized carbons (Fsp3) is 0.250. The lowest BCUT2D eigenvalue weighted by molar-refractivity contribution is 0.0132. The summed E-state index contributed by atoms with van der Waals surface area (Å²) in [5.74, 6) is 0.152. The molecule has 1 amide bonds. The summed E-state index contributed by atoms with van der Waals surface area (Å²) in [6.07, 6.45) is 1.96. The average Bonchev–Trinajstić information content (AvgIpc) is 3.39. The summed E-state index contributed by atoms with van der Waals surface area (Å²) in [7, 11) is 0. The fourth-order valence-electron chi connectivity index (χ4n) is 3.17. The van der Waals surface area contributed by atoms with E-state index in [-0.39, 0.29) is 24.1 Å². The van der Waals surface area contributed by atoms with Crippen molar-refractivity contribution in [3.63, 3.8) is 0 Å². The van der Waals surface area contributed by atoms with Crippen molar-refractivity contribution in [1.29, 1.82) is 0 Å². The molecule has 0 spiro atoms. The van der Waals surface area contributed by atoms with E-state index in [4.69, 9.17) is 4.42 Å². The molecule has 0 bridgehead atoms. The minimum atomic E-state index is -1.02. The summed E-state index contributed by atoms with van der Waals surface area (Å²) in [5, 5.41) is 14.8. The van der Waals surface area contributed by atoms with E-state index >= 15 is 0 Å². The van der Waals surface area contributed by atoms with Gasteiger partial charge in [-0.3, -0.25) is 4.79 Å². The average molecular weight is 321 g/mol. The zero-order valence-corrected chi connectivity index (χ0v) is 13.2. The number of nitrogens with one attached hydrogen (secondary N) is 1. The van der Waals surface area contributed by atoms with Gasteiger partial charge in [-0.25, -0.2) is 0 Å². The number of hydrogen-bond donors (Lipinski definition) is 2. The Labute approximate surface area is 140 Å². The maximum absolute atomic E-state index is 12.4. The Hall–Kier alpha value is -2.59. The first-order chi connectivity index (χ1) is 11.7.